The second kappa shape index (κ2) is 22.6. The zero-order chi connectivity index (χ0) is 35.3. The normalized spacial score (nSPS) is 13.0. The molecule has 262 valence electrons. The third-order valence-corrected chi connectivity index (χ3v) is 9.30. The van der Waals surface area contributed by atoms with Crippen LogP contribution in [0.25, 0.3) is 0 Å². The Kier molecular flexibility index (Phi) is 19.0. The van der Waals surface area contributed by atoms with Crippen molar-refractivity contribution in [1.29, 1.82) is 10.5 Å². The molecule has 0 saturated heterocycles. The molecule has 8 heteroatoms. The van der Waals surface area contributed by atoms with E-state index in [1.54, 1.807) is 12.1 Å². The molecule has 1 N–H and O–H groups in total. The van der Waals surface area contributed by atoms with Crippen LogP contribution in [0.5, 0.6) is 5.75 Å². The highest BCUT2D eigenvalue weighted by molar-refractivity contribution is 5.96. The fourth-order valence-corrected chi connectivity index (χ4v) is 6.08. The number of unbranched alkanes of at least 4 members (excludes halogenated alkanes) is 3. The largest absolute Gasteiger partial charge is 0.492 e. The standard InChI is InChI=1S/C40H60N6O2/c1-8-15-18-30(11-4)28-46(29-31(12-5)19-16-9-2)38-24-36(43-40(47)33(13-6)20-17-10-3)37(25-39(38)48-14-7)45-44-35-22-21-32(26-41)23-34(35)27-42/h21-25,30-31,33H,8-20,28-29H2,1-7H3,(H,43,47). The molecule has 0 saturated carbocycles. The first-order valence-corrected chi connectivity index (χ1v) is 18.5. The number of ether oxygens (including phenoxy) is 1. The molecule has 0 fully saturated rings. The third-order valence-electron chi connectivity index (χ3n) is 9.30. The number of amides is 1. The summed E-state index contributed by atoms with van der Waals surface area (Å²) in [7, 11) is 0. The number of carbonyl (C=O) groups is 1. The van der Waals surface area contributed by atoms with E-state index in [2.05, 4.69) is 74.1 Å². The summed E-state index contributed by atoms with van der Waals surface area (Å²) >= 11 is 0. The van der Waals surface area contributed by atoms with Gasteiger partial charge in [0, 0.05) is 25.1 Å². The SMILES string of the molecule is CCCCC(CC)CN(CC(CC)CCCC)c1cc(NC(=O)C(CC)CCCC)c(N=Nc2ccc(C#N)cc2C#N)cc1OCC. The lowest BCUT2D eigenvalue weighted by Gasteiger charge is -2.34. The molecule has 2 aromatic carbocycles. The summed E-state index contributed by atoms with van der Waals surface area (Å²) in [5, 5.41) is 31.3. The molecule has 0 heterocycles. The van der Waals surface area contributed by atoms with Crippen LogP contribution in [0.3, 0.4) is 0 Å². The minimum atomic E-state index is -0.110. The van der Waals surface area contributed by atoms with Gasteiger partial charge in [0.2, 0.25) is 5.91 Å². The quantitative estimate of drug-likeness (QED) is 0.120. The monoisotopic (exact) mass is 656 g/mol. The second-order valence-corrected chi connectivity index (χ2v) is 12.9. The van der Waals surface area contributed by atoms with Crippen LogP contribution >= 0.6 is 0 Å². The van der Waals surface area contributed by atoms with Gasteiger partial charge in [-0.1, -0.05) is 92.9 Å². The van der Waals surface area contributed by atoms with Gasteiger partial charge in [0.25, 0.3) is 0 Å². The fraction of sp³-hybridized carbons (Fsp3) is 0.625. The van der Waals surface area contributed by atoms with E-state index < -0.39 is 0 Å². The highest BCUT2D eigenvalue weighted by Crippen LogP contribution is 2.41. The molecule has 0 bridgehead atoms. The van der Waals surface area contributed by atoms with Gasteiger partial charge in [-0.15, -0.1) is 10.2 Å². The number of benzene rings is 2. The van der Waals surface area contributed by atoms with E-state index in [9.17, 15) is 15.3 Å². The first kappa shape index (κ1) is 40.3. The van der Waals surface area contributed by atoms with Crippen molar-refractivity contribution in [3.05, 3.63) is 41.5 Å². The smallest absolute Gasteiger partial charge is 0.227 e. The predicted molar refractivity (Wildman–Crippen MR) is 198 cm³/mol. The number of anilines is 2. The highest BCUT2D eigenvalue weighted by Gasteiger charge is 2.24. The van der Waals surface area contributed by atoms with E-state index >= 15 is 0 Å². The van der Waals surface area contributed by atoms with Crippen LogP contribution in [0.1, 0.15) is 137 Å². The number of carbonyl (C=O) groups excluding carboxylic acids is 1. The Labute approximate surface area is 291 Å². The second-order valence-electron chi connectivity index (χ2n) is 12.9. The molecule has 0 aliphatic heterocycles. The number of azo groups is 1. The summed E-state index contributed by atoms with van der Waals surface area (Å²) in [5.74, 6) is 1.66. The summed E-state index contributed by atoms with van der Waals surface area (Å²) in [6.07, 6.45) is 12.9. The average Bonchev–Trinajstić information content (AvgIpc) is 3.11. The number of nitriles is 2. The van der Waals surface area contributed by atoms with Gasteiger partial charge < -0.3 is 15.0 Å². The molecule has 3 unspecified atom stereocenters. The molecular formula is C40H60N6O2. The maximum atomic E-state index is 13.7. The van der Waals surface area contributed by atoms with E-state index in [1.807, 2.05) is 19.1 Å². The zero-order valence-corrected chi connectivity index (χ0v) is 30.8. The van der Waals surface area contributed by atoms with Crippen LogP contribution in [-0.4, -0.2) is 25.6 Å². The van der Waals surface area contributed by atoms with Crippen molar-refractivity contribution >= 4 is 28.7 Å². The van der Waals surface area contributed by atoms with E-state index in [0.29, 0.717) is 46.8 Å². The number of hydrogen-bond acceptors (Lipinski definition) is 7. The van der Waals surface area contributed by atoms with Gasteiger partial charge in [0.05, 0.1) is 35.2 Å². The lowest BCUT2D eigenvalue weighted by molar-refractivity contribution is -0.120. The maximum Gasteiger partial charge on any atom is 0.227 e. The van der Waals surface area contributed by atoms with Gasteiger partial charge in [0.1, 0.15) is 23.2 Å². The highest BCUT2D eigenvalue weighted by atomic mass is 16.5. The lowest BCUT2D eigenvalue weighted by Crippen LogP contribution is -2.34. The van der Waals surface area contributed by atoms with Crippen LogP contribution in [0, 0.1) is 40.4 Å². The van der Waals surface area contributed by atoms with Crippen molar-refractivity contribution in [1.82, 2.24) is 0 Å². The Hall–Kier alpha value is -3.91. The van der Waals surface area contributed by atoms with Crippen molar-refractivity contribution in [3.63, 3.8) is 0 Å². The topological polar surface area (TPSA) is 114 Å². The first-order chi connectivity index (χ1) is 23.3. The Bertz CT molecular complexity index is 1360. The third kappa shape index (κ3) is 12.6. The summed E-state index contributed by atoms with van der Waals surface area (Å²) in [6.45, 7) is 17.6. The van der Waals surface area contributed by atoms with E-state index in [-0.39, 0.29) is 17.4 Å². The van der Waals surface area contributed by atoms with Crippen LogP contribution < -0.4 is 15.0 Å². The summed E-state index contributed by atoms with van der Waals surface area (Å²) in [6, 6.07) is 12.9. The summed E-state index contributed by atoms with van der Waals surface area (Å²) in [5.41, 5.74) is 3.01. The maximum absolute atomic E-state index is 13.7. The predicted octanol–water partition coefficient (Wildman–Crippen LogP) is 11.6. The Morgan fingerprint density at radius 2 is 1.40 bits per heavy atom. The van der Waals surface area contributed by atoms with Crippen molar-refractivity contribution in [2.75, 3.05) is 29.9 Å². The molecular weight excluding hydrogens is 596 g/mol. The fourth-order valence-electron chi connectivity index (χ4n) is 6.08. The molecule has 2 aromatic rings. The molecule has 2 rings (SSSR count). The van der Waals surface area contributed by atoms with Crippen molar-refractivity contribution in [3.8, 4) is 17.9 Å². The molecule has 1 amide bonds. The first-order valence-electron chi connectivity index (χ1n) is 18.5. The van der Waals surface area contributed by atoms with Crippen molar-refractivity contribution in [2.24, 2.45) is 28.0 Å². The van der Waals surface area contributed by atoms with Crippen LogP contribution in [0.4, 0.5) is 22.7 Å². The van der Waals surface area contributed by atoms with Crippen molar-refractivity contribution in [2.45, 2.75) is 126 Å². The van der Waals surface area contributed by atoms with Gasteiger partial charge in [-0.05, 0) is 68.7 Å². The summed E-state index contributed by atoms with van der Waals surface area (Å²) in [4.78, 5) is 16.2. The molecule has 8 nitrogen and oxygen atoms in total. The minimum Gasteiger partial charge on any atom is -0.492 e. The Morgan fingerprint density at radius 1 is 0.792 bits per heavy atom. The van der Waals surface area contributed by atoms with Gasteiger partial charge in [-0.2, -0.15) is 10.5 Å². The minimum absolute atomic E-state index is 0.0242. The van der Waals surface area contributed by atoms with Gasteiger partial charge in [-0.3, -0.25) is 4.79 Å². The molecule has 0 aromatic heterocycles. The molecule has 0 spiro atoms. The lowest BCUT2D eigenvalue weighted by atomic mass is 9.95. The van der Waals surface area contributed by atoms with E-state index in [0.717, 1.165) is 57.3 Å². The van der Waals surface area contributed by atoms with Crippen LogP contribution in [0.2, 0.25) is 0 Å². The van der Waals surface area contributed by atoms with Crippen LogP contribution in [0.15, 0.2) is 40.6 Å². The Balaban J connectivity index is 2.77. The van der Waals surface area contributed by atoms with Gasteiger partial charge in [-0.25, -0.2) is 0 Å². The molecule has 0 aliphatic rings. The zero-order valence-electron chi connectivity index (χ0n) is 30.8. The van der Waals surface area contributed by atoms with Crippen molar-refractivity contribution < 1.29 is 9.53 Å². The van der Waals surface area contributed by atoms with E-state index in [4.69, 9.17) is 4.74 Å². The number of nitrogens with one attached hydrogen (secondary N) is 1. The molecule has 0 radical (unpaired) electrons. The Morgan fingerprint density at radius 3 is 1.92 bits per heavy atom. The number of nitrogens with zero attached hydrogens (tertiary/aromatic N) is 5. The number of hydrogen-bond donors (Lipinski definition) is 1. The summed E-state index contributed by atoms with van der Waals surface area (Å²) < 4.78 is 6.32. The van der Waals surface area contributed by atoms with Crippen LogP contribution in [-0.2, 0) is 4.79 Å². The molecule has 3 atom stereocenters. The van der Waals surface area contributed by atoms with Gasteiger partial charge in [0.15, 0.2) is 0 Å². The van der Waals surface area contributed by atoms with E-state index in [1.165, 1.54) is 44.6 Å². The number of rotatable bonds is 23. The average molecular weight is 657 g/mol. The van der Waals surface area contributed by atoms with Gasteiger partial charge >= 0.3 is 0 Å². The molecule has 48 heavy (non-hydrogen) atoms. The molecule has 0 aliphatic carbocycles.